The number of carbonyl (C=O) groups is 2. The first kappa shape index (κ1) is 20.8. The lowest BCUT2D eigenvalue weighted by atomic mass is 9.98. The Labute approximate surface area is 163 Å². The average Bonchev–Trinajstić information content (AvgIpc) is 2.66. The molecule has 0 saturated carbocycles. The first-order valence-electron chi connectivity index (χ1n) is 8.76. The van der Waals surface area contributed by atoms with E-state index in [1.165, 1.54) is 36.4 Å². The van der Waals surface area contributed by atoms with E-state index in [9.17, 15) is 19.7 Å². The van der Waals surface area contributed by atoms with Gasteiger partial charge in [0.15, 0.2) is 6.61 Å². The van der Waals surface area contributed by atoms with E-state index in [0.717, 1.165) is 16.8 Å². The van der Waals surface area contributed by atoms with E-state index >= 15 is 0 Å². The molecule has 0 atom stereocenters. The van der Waals surface area contributed by atoms with E-state index < -0.39 is 23.4 Å². The molecular weight excluding hydrogens is 360 g/mol. The molecule has 0 radical (unpaired) electrons. The van der Waals surface area contributed by atoms with Crippen LogP contribution in [-0.2, 0) is 14.3 Å². The van der Waals surface area contributed by atoms with Crippen LogP contribution >= 0.6 is 0 Å². The number of anilines is 1. The number of esters is 1. The van der Waals surface area contributed by atoms with E-state index in [-0.39, 0.29) is 11.6 Å². The van der Waals surface area contributed by atoms with E-state index in [1.807, 2.05) is 39.0 Å². The molecule has 0 aromatic heterocycles. The van der Waals surface area contributed by atoms with Crippen LogP contribution in [0.15, 0.2) is 48.5 Å². The van der Waals surface area contributed by atoms with Crippen LogP contribution in [0.25, 0.3) is 6.08 Å². The van der Waals surface area contributed by atoms with Crippen molar-refractivity contribution in [3.05, 3.63) is 75.3 Å². The lowest BCUT2D eigenvalue weighted by molar-refractivity contribution is -0.384. The van der Waals surface area contributed by atoms with Gasteiger partial charge in [-0.25, -0.2) is 4.79 Å². The van der Waals surface area contributed by atoms with E-state index in [4.69, 9.17) is 4.74 Å². The second kappa shape index (κ2) is 9.45. The number of aryl methyl sites for hydroxylation is 1. The maximum Gasteiger partial charge on any atom is 0.331 e. The first-order chi connectivity index (χ1) is 13.3. The standard InChI is InChI=1S/C21H22N2O5/c1-14(2)18-6-4-5-15(3)21(18)22-19(24)13-28-20(25)12-9-16-7-10-17(11-8-16)23(26)27/h4-12,14H,13H2,1-3H3,(H,22,24)/b12-9+. The lowest BCUT2D eigenvalue weighted by Crippen LogP contribution is -2.21. The van der Waals surface area contributed by atoms with Crippen LogP contribution in [0.1, 0.15) is 36.5 Å². The molecule has 2 aromatic rings. The summed E-state index contributed by atoms with van der Waals surface area (Å²) in [5, 5.41) is 13.4. The minimum absolute atomic E-state index is 0.0339. The van der Waals surface area contributed by atoms with Crippen molar-refractivity contribution in [3.63, 3.8) is 0 Å². The van der Waals surface area contributed by atoms with Gasteiger partial charge < -0.3 is 10.1 Å². The Morgan fingerprint density at radius 2 is 1.86 bits per heavy atom. The number of hydrogen-bond donors (Lipinski definition) is 1. The van der Waals surface area contributed by atoms with Crippen molar-refractivity contribution in [1.82, 2.24) is 0 Å². The number of nitro groups is 1. The highest BCUT2D eigenvalue weighted by molar-refractivity contribution is 5.95. The zero-order valence-electron chi connectivity index (χ0n) is 16.0. The number of nitrogens with zero attached hydrogens (tertiary/aromatic N) is 1. The van der Waals surface area contributed by atoms with Crippen molar-refractivity contribution in [2.75, 3.05) is 11.9 Å². The van der Waals surface area contributed by atoms with Gasteiger partial charge in [-0.3, -0.25) is 14.9 Å². The van der Waals surface area contributed by atoms with Crippen molar-refractivity contribution < 1.29 is 19.2 Å². The molecule has 7 nitrogen and oxygen atoms in total. The average molecular weight is 382 g/mol. The number of benzene rings is 2. The predicted molar refractivity (Wildman–Crippen MR) is 107 cm³/mol. The van der Waals surface area contributed by atoms with Gasteiger partial charge in [-0.15, -0.1) is 0 Å². The second-order valence-corrected chi connectivity index (χ2v) is 6.53. The van der Waals surface area contributed by atoms with Gasteiger partial charge in [0.2, 0.25) is 0 Å². The number of amides is 1. The van der Waals surface area contributed by atoms with Crippen LogP contribution in [0.3, 0.4) is 0 Å². The van der Waals surface area contributed by atoms with Crippen molar-refractivity contribution in [1.29, 1.82) is 0 Å². The molecule has 0 aliphatic rings. The summed E-state index contributed by atoms with van der Waals surface area (Å²) in [6.45, 7) is 5.57. The molecule has 7 heteroatoms. The second-order valence-electron chi connectivity index (χ2n) is 6.53. The molecule has 2 rings (SSSR count). The molecule has 2 aromatic carbocycles. The summed E-state index contributed by atoms with van der Waals surface area (Å²) in [6.07, 6.45) is 2.63. The SMILES string of the molecule is Cc1cccc(C(C)C)c1NC(=O)COC(=O)/C=C/c1ccc([N+](=O)[O-])cc1. The summed E-state index contributed by atoms with van der Waals surface area (Å²) in [5.41, 5.74) is 3.25. The van der Waals surface area contributed by atoms with Gasteiger partial charge in [-0.1, -0.05) is 32.0 Å². The van der Waals surface area contributed by atoms with Crippen LogP contribution < -0.4 is 5.32 Å². The van der Waals surface area contributed by atoms with Gasteiger partial charge in [-0.2, -0.15) is 0 Å². The number of non-ortho nitro benzene ring substituents is 1. The molecule has 0 aliphatic heterocycles. The molecule has 0 heterocycles. The Kier molecular flexibility index (Phi) is 7.03. The summed E-state index contributed by atoms with van der Waals surface area (Å²) in [5.74, 6) is -0.863. The van der Waals surface area contributed by atoms with Gasteiger partial charge in [0, 0.05) is 23.9 Å². The number of nitrogens with one attached hydrogen (secondary N) is 1. The van der Waals surface area contributed by atoms with Gasteiger partial charge in [-0.05, 0) is 47.7 Å². The summed E-state index contributed by atoms with van der Waals surface area (Å²) in [4.78, 5) is 34.0. The topological polar surface area (TPSA) is 98.5 Å². The molecule has 0 unspecified atom stereocenters. The predicted octanol–water partition coefficient (Wildman–Crippen LogP) is 4.22. The molecule has 1 amide bonds. The minimum Gasteiger partial charge on any atom is -0.452 e. The van der Waals surface area contributed by atoms with Crippen molar-refractivity contribution in [2.24, 2.45) is 0 Å². The molecule has 28 heavy (non-hydrogen) atoms. The van der Waals surface area contributed by atoms with Gasteiger partial charge in [0.05, 0.1) is 4.92 Å². The zero-order valence-corrected chi connectivity index (χ0v) is 16.0. The van der Waals surface area contributed by atoms with E-state index in [2.05, 4.69) is 5.32 Å². The molecule has 0 fully saturated rings. The molecule has 146 valence electrons. The molecular formula is C21H22N2O5. The summed E-state index contributed by atoms with van der Waals surface area (Å²) in [6, 6.07) is 11.5. The number of ether oxygens (including phenoxy) is 1. The fourth-order valence-electron chi connectivity index (χ4n) is 2.57. The van der Waals surface area contributed by atoms with Crippen LogP contribution in [-0.4, -0.2) is 23.4 Å². The monoisotopic (exact) mass is 382 g/mol. The Hall–Kier alpha value is -3.48. The third-order valence-corrected chi connectivity index (χ3v) is 4.05. The summed E-state index contributed by atoms with van der Waals surface area (Å²) < 4.78 is 4.95. The van der Waals surface area contributed by atoms with Crippen molar-refractivity contribution in [3.8, 4) is 0 Å². The summed E-state index contributed by atoms with van der Waals surface area (Å²) in [7, 11) is 0. The van der Waals surface area contributed by atoms with Crippen molar-refractivity contribution >= 4 is 29.3 Å². The minimum atomic E-state index is -0.678. The zero-order chi connectivity index (χ0) is 20.7. The Bertz CT molecular complexity index is 902. The van der Waals surface area contributed by atoms with E-state index in [0.29, 0.717) is 5.56 Å². The van der Waals surface area contributed by atoms with E-state index in [1.54, 1.807) is 0 Å². The normalized spacial score (nSPS) is 10.9. The van der Waals surface area contributed by atoms with Gasteiger partial charge >= 0.3 is 5.97 Å². The molecule has 0 aliphatic carbocycles. The third-order valence-electron chi connectivity index (χ3n) is 4.05. The molecule has 0 saturated heterocycles. The van der Waals surface area contributed by atoms with Gasteiger partial charge in [0.25, 0.3) is 11.6 Å². The van der Waals surface area contributed by atoms with Crippen LogP contribution in [0, 0.1) is 17.0 Å². The molecule has 1 N–H and O–H groups in total. The smallest absolute Gasteiger partial charge is 0.331 e. The maximum absolute atomic E-state index is 12.1. The number of rotatable bonds is 7. The van der Waals surface area contributed by atoms with Crippen molar-refractivity contribution in [2.45, 2.75) is 26.7 Å². The van der Waals surface area contributed by atoms with Crippen LogP contribution in [0.4, 0.5) is 11.4 Å². The molecule has 0 spiro atoms. The first-order valence-corrected chi connectivity index (χ1v) is 8.76. The van der Waals surface area contributed by atoms with Gasteiger partial charge in [0.1, 0.15) is 0 Å². The number of hydrogen-bond acceptors (Lipinski definition) is 5. The number of carbonyl (C=O) groups excluding carboxylic acids is 2. The highest BCUT2D eigenvalue weighted by Crippen LogP contribution is 2.27. The Morgan fingerprint density at radius 3 is 2.46 bits per heavy atom. The lowest BCUT2D eigenvalue weighted by Gasteiger charge is -2.16. The number of para-hydroxylation sites is 1. The largest absolute Gasteiger partial charge is 0.452 e. The van der Waals surface area contributed by atoms with Crippen LogP contribution in [0.2, 0.25) is 0 Å². The number of nitro benzene ring substituents is 1. The molecule has 0 bridgehead atoms. The fraction of sp³-hybridized carbons (Fsp3) is 0.238. The fourth-order valence-corrected chi connectivity index (χ4v) is 2.57. The Morgan fingerprint density at radius 1 is 1.18 bits per heavy atom. The van der Waals surface area contributed by atoms with Crippen LogP contribution in [0.5, 0.6) is 0 Å². The Balaban J connectivity index is 1.91. The third kappa shape index (κ3) is 5.77. The quantitative estimate of drug-likeness (QED) is 0.334. The maximum atomic E-state index is 12.1. The highest BCUT2D eigenvalue weighted by Gasteiger charge is 2.13. The summed E-state index contributed by atoms with van der Waals surface area (Å²) >= 11 is 0. The highest BCUT2D eigenvalue weighted by atomic mass is 16.6.